The summed E-state index contributed by atoms with van der Waals surface area (Å²) in [6.45, 7) is 5.26. The Morgan fingerprint density at radius 3 is 2.81 bits per heavy atom. The number of sulfonamides is 1. The van der Waals surface area contributed by atoms with Crippen molar-refractivity contribution < 1.29 is 12.8 Å². The molecular formula is C14H21BrN2O3S. The highest BCUT2D eigenvalue weighted by Crippen LogP contribution is 2.41. The minimum Gasteiger partial charge on any atom is -0.452 e. The van der Waals surface area contributed by atoms with E-state index in [0.717, 1.165) is 19.3 Å². The van der Waals surface area contributed by atoms with E-state index in [4.69, 9.17) is 4.42 Å². The molecule has 2 aliphatic rings. The molecule has 2 atom stereocenters. The fourth-order valence-corrected chi connectivity index (χ4v) is 5.97. The van der Waals surface area contributed by atoms with Crippen LogP contribution in [0.4, 0.5) is 0 Å². The van der Waals surface area contributed by atoms with E-state index in [1.54, 1.807) is 10.4 Å². The molecule has 1 aliphatic carbocycles. The zero-order valence-corrected chi connectivity index (χ0v) is 14.7. The first-order valence-electron chi connectivity index (χ1n) is 7.41. The second kappa shape index (κ2) is 5.68. The quantitative estimate of drug-likeness (QED) is 0.857. The van der Waals surface area contributed by atoms with E-state index in [1.807, 2.05) is 13.8 Å². The molecule has 5 nitrogen and oxygen atoms in total. The molecule has 0 radical (unpaired) electrons. The molecule has 0 spiro atoms. The fourth-order valence-electron chi connectivity index (χ4n) is 3.27. The first-order chi connectivity index (χ1) is 9.88. The minimum atomic E-state index is -3.45. The Balaban J connectivity index is 1.82. The Labute approximate surface area is 134 Å². The molecule has 1 saturated carbocycles. The van der Waals surface area contributed by atoms with E-state index in [-0.39, 0.29) is 10.9 Å². The predicted molar refractivity (Wildman–Crippen MR) is 83.4 cm³/mol. The summed E-state index contributed by atoms with van der Waals surface area (Å²) in [5.74, 6) is 1.18. The number of hydrogen-bond donors (Lipinski definition) is 1. The highest BCUT2D eigenvalue weighted by atomic mass is 79.9. The van der Waals surface area contributed by atoms with Crippen molar-refractivity contribution in [3.8, 4) is 0 Å². The summed E-state index contributed by atoms with van der Waals surface area (Å²) in [6, 6.07) is 2.14. The van der Waals surface area contributed by atoms with E-state index in [1.165, 1.54) is 0 Å². The Kier molecular flexibility index (Phi) is 4.20. The summed E-state index contributed by atoms with van der Waals surface area (Å²) in [5, 5.41) is 3.23. The van der Waals surface area contributed by atoms with Crippen molar-refractivity contribution >= 4 is 26.0 Å². The smallest absolute Gasteiger partial charge is 0.247 e. The number of rotatable bonds is 5. The standard InChI is InChI=1S/C14H21BrN2O3S/c1-9(2)16-7-12-6-13(14(15)20-12)21(18,19)17-8-10-3-4-11(17)5-10/h6,9-11,16H,3-5,7-8H2,1-2H3. The molecule has 7 heteroatoms. The van der Waals surface area contributed by atoms with Crippen LogP contribution in [-0.2, 0) is 16.6 Å². The molecule has 2 fully saturated rings. The van der Waals surface area contributed by atoms with E-state index in [2.05, 4.69) is 21.2 Å². The van der Waals surface area contributed by atoms with Crippen molar-refractivity contribution in [2.24, 2.45) is 5.92 Å². The SMILES string of the molecule is CC(C)NCc1cc(S(=O)(=O)N2CC3CCC2C3)c(Br)o1. The van der Waals surface area contributed by atoms with Gasteiger partial charge in [-0.2, -0.15) is 4.31 Å². The van der Waals surface area contributed by atoms with E-state index in [9.17, 15) is 8.42 Å². The van der Waals surface area contributed by atoms with Crippen LogP contribution < -0.4 is 5.32 Å². The number of nitrogens with zero attached hydrogens (tertiary/aromatic N) is 1. The topological polar surface area (TPSA) is 62.6 Å². The van der Waals surface area contributed by atoms with E-state index < -0.39 is 10.0 Å². The van der Waals surface area contributed by atoms with Gasteiger partial charge in [-0.3, -0.25) is 0 Å². The van der Waals surface area contributed by atoms with Crippen LogP contribution in [0.15, 0.2) is 20.0 Å². The van der Waals surface area contributed by atoms with Crippen LogP contribution >= 0.6 is 15.9 Å². The van der Waals surface area contributed by atoms with Gasteiger partial charge in [0.15, 0.2) is 4.67 Å². The van der Waals surface area contributed by atoms with Gasteiger partial charge in [0.2, 0.25) is 10.0 Å². The van der Waals surface area contributed by atoms with Gasteiger partial charge in [0.25, 0.3) is 0 Å². The van der Waals surface area contributed by atoms with Crippen LogP contribution in [0.5, 0.6) is 0 Å². The van der Waals surface area contributed by atoms with Crippen LogP contribution in [0.3, 0.4) is 0 Å². The summed E-state index contributed by atoms with van der Waals surface area (Å²) < 4.78 is 33.1. The lowest BCUT2D eigenvalue weighted by Gasteiger charge is -2.25. The number of piperidine rings is 1. The molecule has 1 aromatic rings. The molecule has 2 heterocycles. The maximum atomic E-state index is 12.8. The molecule has 21 heavy (non-hydrogen) atoms. The molecule has 2 bridgehead atoms. The van der Waals surface area contributed by atoms with Crippen molar-refractivity contribution in [3.05, 3.63) is 16.5 Å². The molecule has 3 rings (SSSR count). The van der Waals surface area contributed by atoms with Crippen LogP contribution in [0.25, 0.3) is 0 Å². The van der Waals surface area contributed by atoms with Gasteiger partial charge in [-0.1, -0.05) is 13.8 Å². The fraction of sp³-hybridized carbons (Fsp3) is 0.714. The van der Waals surface area contributed by atoms with Gasteiger partial charge in [-0.25, -0.2) is 8.42 Å². The lowest BCUT2D eigenvalue weighted by molar-refractivity contribution is 0.332. The molecule has 1 saturated heterocycles. The third kappa shape index (κ3) is 2.93. The summed E-state index contributed by atoms with van der Waals surface area (Å²) in [4.78, 5) is 0.260. The molecule has 1 aliphatic heterocycles. The van der Waals surface area contributed by atoms with Crippen LogP contribution in [0.2, 0.25) is 0 Å². The molecule has 0 aromatic carbocycles. The second-order valence-electron chi connectivity index (χ2n) is 6.29. The first-order valence-corrected chi connectivity index (χ1v) is 9.64. The maximum Gasteiger partial charge on any atom is 0.247 e. The van der Waals surface area contributed by atoms with E-state index >= 15 is 0 Å². The molecule has 1 aromatic heterocycles. The second-order valence-corrected chi connectivity index (χ2v) is 8.87. The monoisotopic (exact) mass is 376 g/mol. The van der Waals surface area contributed by atoms with Gasteiger partial charge in [0.1, 0.15) is 10.7 Å². The minimum absolute atomic E-state index is 0.180. The van der Waals surface area contributed by atoms with Gasteiger partial charge < -0.3 is 9.73 Å². The third-order valence-electron chi connectivity index (χ3n) is 4.34. The number of furan rings is 1. The largest absolute Gasteiger partial charge is 0.452 e. The van der Waals surface area contributed by atoms with Crippen LogP contribution in [0, 0.1) is 5.92 Å². The Bertz CT molecular complexity index is 626. The van der Waals surface area contributed by atoms with Crippen molar-refractivity contribution in [1.29, 1.82) is 0 Å². The van der Waals surface area contributed by atoms with Crippen molar-refractivity contribution in [1.82, 2.24) is 9.62 Å². The summed E-state index contributed by atoms with van der Waals surface area (Å²) in [7, 11) is -3.45. The Hall–Kier alpha value is -0.370. The highest BCUT2D eigenvalue weighted by Gasteiger charge is 2.45. The highest BCUT2D eigenvalue weighted by molar-refractivity contribution is 9.10. The number of fused-ring (bicyclic) bond motifs is 2. The lowest BCUT2D eigenvalue weighted by Crippen LogP contribution is -2.37. The van der Waals surface area contributed by atoms with Crippen molar-refractivity contribution in [2.75, 3.05) is 6.54 Å². The zero-order valence-electron chi connectivity index (χ0n) is 12.3. The summed E-state index contributed by atoms with van der Waals surface area (Å²) in [6.07, 6.45) is 3.16. The van der Waals surface area contributed by atoms with Gasteiger partial charge in [-0.05, 0) is 41.1 Å². The normalized spacial score (nSPS) is 26.1. The van der Waals surface area contributed by atoms with Crippen molar-refractivity contribution in [3.63, 3.8) is 0 Å². The Morgan fingerprint density at radius 1 is 1.48 bits per heavy atom. The van der Waals surface area contributed by atoms with Crippen LogP contribution in [-0.4, -0.2) is 31.4 Å². The number of halogens is 1. The molecule has 0 amide bonds. The molecule has 2 unspecified atom stereocenters. The Morgan fingerprint density at radius 2 is 2.24 bits per heavy atom. The number of nitrogens with one attached hydrogen (secondary N) is 1. The number of hydrogen-bond acceptors (Lipinski definition) is 4. The van der Waals surface area contributed by atoms with Gasteiger partial charge in [-0.15, -0.1) is 0 Å². The van der Waals surface area contributed by atoms with Gasteiger partial charge >= 0.3 is 0 Å². The zero-order chi connectivity index (χ0) is 15.2. The first kappa shape index (κ1) is 15.5. The van der Waals surface area contributed by atoms with Crippen LogP contribution in [0.1, 0.15) is 38.9 Å². The molecule has 118 valence electrons. The average Bonchev–Trinajstić information content (AvgIpc) is 3.10. The molecule has 1 N–H and O–H groups in total. The summed E-state index contributed by atoms with van der Waals surface area (Å²) >= 11 is 3.26. The van der Waals surface area contributed by atoms with Crippen molar-refractivity contribution in [2.45, 2.75) is 56.6 Å². The average molecular weight is 377 g/mol. The lowest BCUT2D eigenvalue weighted by atomic mass is 10.1. The van der Waals surface area contributed by atoms with E-state index in [0.29, 0.717) is 35.5 Å². The third-order valence-corrected chi connectivity index (χ3v) is 7.11. The molecular weight excluding hydrogens is 356 g/mol. The predicted octanol–water partition coefficient (Wildman–Crippen LogP) is 2.71. The van der Waals surface area contributed by atoms with Gasteiger partial charge in [0.05, 0.1) is 6.54 Å². The maximum absolute atomic E-state index is 12.8. The summed E-state index contributed by atoms with van der Waals surface area (Å²) in [5.41, 5.74) is 0. The van der Waals surface area contributed by atoms with Gasteiger partial charge in [0, 0.05) is 24.7 Å².